The number of hydrogen-bond donors (Lipinski definition) is 3. The average molecular weight is 507 g/mol. The van der Waals surface area contributed by atoms with Gasteiger partial charge >= 0.3 is 0 Å². The van der Waals surface area contributed by atoms with Gasteiger partial charge in [-0.1, -0.05) is 17.7 Å². The summed E-state index contributed by atoms with van der Waals surface area (Å²) in [4.78, 5) is 23.5. The third-order valence-electron chi connectivity index (χ3n) is 6.53. The third kappa shape index (κ3) is 4.91. The van der Waals surface area contributed by atoms with Gasteiger partial charge in [-0.3, -0.25) is 4.79 Å². The minimum atomic E-state index is -0.804. The van der Waals surface area contributed by atoms with Gasteiger partial charge in [-0.15, -0.1) is 0 Å². The van der Waals surface area contributed by atoms with Crippen LogP contribution >= 0.6 is 11.6 Å². The Morgan fingerprint density at radius 3 is 2.64 bits per heavy atom. The molecule has 0 spiro atoms. The summed E-state index contributed by atoms with van der Waals surface area (Å²) in [5.74, 6) is -0.418. The summed E-state index contributed by atoms with van der Waals surface area (Å²) < 4.78 is 5.36. The SMILES string of the molecule is COc1nc(Nc2ccc(C3CCN(C)CC3)c(C#N)c2)nc(-c2c(Cl)ccc(O)c2C)c1C(N)=O. The number of halogens is 1. The predicted octanol–water partition coefficient (Wildman–Crippen LogP) is 4.34. The number of carbonyl (C=O) groups is 1. The Kier molecular flexibility index (Phi) is 7.29. The fourth-order valence-electron chi connectivity index (χ4n) is 4.54. The second-order valence-electron chi connectivity index (χ2n) is 8.83. The van der Waals surface area contributed by atoms with Crippen molar-refractivity contribution >= 4 is 29.1 Å². The average Bonchev–Trinajstić information content (AvgIpc) is 2.86. The summed E-state index contributed by atoms with van der Waals surface area (Å²) in [5, 5.41) is 23.4. The van der Waals surface area contributed by atoms with E-state index in [4.69, 9.17) is 22.1 Å². The second kappa shape index (κ2) is 10.4. The number of primary amides is 1. The fourth-order valence-corrected chi connectivity index (χ4v) is 4.83. The molecule has 1 amide bonds. The molecule has 186 valence electrons. The summed E-state index contributed by atoms with van der Waals surface area (Å²) in [5.41, 5.74) is 8.68. The maximum absolute atomic E-state index is 12.3. The van der Waals surface area contributed by atoms with Crippen LogP contribution in [0, 0.1) is 18.3 Å². The van der Waals surface area contributed by atoms with Gasteiger partial charge in [0.1, 0.15) is 11.3 Å². The number of nitriles is 1. The lowest BCUT2D eigenvalue weighted by Gasteiger charge is -2.29. The molecule has 2 heterocycles. The molecule has 3 aromatic rings. The molecule has 0 saturated carbocycles. The van der Waals surface area contributed by atoms with Crippen LogP contribution < -0.4 is 15.8 Å². The Morgan fingerprint density at radius 1 is 1.28 bits per heavy atom. The maximum Gasteiger partial charge on any atom is 0.256 e. The van der Waals surface area contributed by atoms with Crippen molar-refractivity contribution in [1.29, 1.82) is 5.26 Å². The number of rotatable bonds is 6. The first-order valence-electron chi connectivity index (χ1n) is 11.5. The van der Waals surface area contributed by atoms with E-state index >= 15 is 0 Å². The molecule has 36 heavy (non-hydrogen) atoms. The molecule has 1 aromatic heterocycles. The van der Waals surface area contributed by atoms with E-state index in [-0.39, 0.29) is 33.9 Å². The lowest BCUT2D eigenvalue weighted by molar-refractivity contribution is 0.0997. The third-order valence-corrected chi connectivity index (χ3v) is 6.84. The van der Waals surface area contributed by atoms with Crippen LogP contribution in [-0.4, -0.2) is 53.1 Å². The van der Waals surface area contributed by atoms with Gasteiger partial charge in [-0.05, 0) is 75.6 Å². The monoisotopic (exact) mass is 506 g/mol. The van der Waals surface area contributed by atoms with Crippen LogP contribution in [0.25, 0.3) is 11.3 Å². The number of amides is 1. The number of phenolic OH excluding ortho intramolecular Hbond substituents is 1. The molecule has 1 aliphatic rings. The van der Waals surface area contributed by atoms with Crippen molar-refractivity contribution in [2.75, 3.05) is 32.6 Å². The van der Waals surface area contributed by atoms with Crippen molar-refractivity contribution in [3.05, 3.63) is 57.6 Å². The minimum absolute atomic E-state index is 0.0138. The number of phenols is 1. The fraction of sp³-hybridized carbons (Fsp3) is 0.308. The Hall–Kier alpha value is -3.87. The molecule has 0 radical (unpaired) electrons. The molecule has 0 aliphatic carbocycles. The molecule has 4 N–H and O–H groups in total. The number of anilines is 2. The van der Waals surface area contributed by atoms with Gasteiger partial charge in [-0.2, -0.15) is 10.2 Å². The number of hydrogen-bond acceptors (Lipinski definition) is 8. The second-order valence-corrected chi connectivity index (χ2v) is 9.23. The Bertz CT molecular complexity index is 1360. The zero-order chi connectivity index (χ0) is 26.0. The number of likely N-dealkylation sites (tertiary alicyclic amines) is 1. The topological polar surface area (TPSA) is 137 Å². The zero-order valence-electron chi connectivity index (χ0n) is 20.3. The molecular formula is C26H27ClN6O3. The summed E-state index contributed by atoms with van der Waals surface area (Å²) in [6.07, 6.45) is 2.00. The molecule has 0 bridgehead atoms. The number of nitrogens with zero attached hydrogens (tertiary/aromatic N) is 4. The van der Waals surface area contributed by atoms with E-state index in [1.54, 1.807) is 13.0 Å². The Morgan fingerprint density at radius 2 is 2.00 bits per heavy atom. The summed E-state index contributed by atoms with van der Waals surface area (Å²) in [6, 6.07) is 10.9. The number of carbonyl (C=O) groups excluding carboxylic acids is 1. The molecular weight excluding hydrogens is 480 g/mol. The number of ether oxygens (including phenoxy) is 1. The van der Waals surface area contributed by atoms with Gasteiger partial charge in [0, 0.05) is 16.8 Å². The lowest BCUT2D eigenvalue weighted by Crippen LogP contribution is -2.29. The molecule has 1 fully saturated rings. The van der Waals surface area contributed by atoms with Gasteiger partial charge in [0.2, 0.25) is 11.8 Å². The standard InChI is InChI=1S/C26H27ClN6O3/c1-14-20(34)7-6-19(27)21(14)23-22(24(29)35)25(36-3)32-26(31-23)30-17-4-5-18(16(12-17)13-28)15-8-10-33(2)11-9-15/h4-7,12,15,34H,8-11H2,1-3H3,(H2,29,35)(H,30,31,32). The van der Waals surface area contributed by atoms with Crippen molar-refractivity contribution in [2.24, 2.45) is 5.73 Å². The van der Waals surface area contributed by atoms with E-state index in [9.17, 15) is 15.2 Å². The summed E-state index contributed by atoms with van der Waals surface area (Å²) in [7, 11) is 3.47. The van der Waals surface area contributed by atoms with Crippen LogP contribution in [0.5, 0.6) is 11.6 Å². The normalized spacial score (nSPS) is 14.3. The lowest BCUT2D eigenvalue weighted by atomic mass is 9.86. The summed E-state index contributed by atoms with van der Waals surface area (Å²) >= 11 is 6.44. The Labute approximate surface area is 214 Å². The molecule has 1 saturated heterocycles. The number of aromatic hydroxyl groups is 1. The van der Waals surface area contributed by atoms with E-state index < -0.39 is 5.91 Å². The van der Waals surface area contributed by atoms with Gasteiger partial charge < -0.3 is 25.8 Å². The predicted molar refractivity (Wildman–Crippen MR) is 138 cm³/mol. The Balaban J connectivity index is 1.77. The van der Waals surface area contributed by atoms with Crippen LogP contribution in [0.1, 0.15) is 45.8 Å². The van der Waals surface area contributed by atoms with Crippen LogP contribution in [0.3, 0.4) is 0 Å². The first-order chi connectivity index (χ1) is 17.2. The van der Waals surface area contributed by atoms with Gasteiger partial charge in [0.15, 0.2) is 0 Å². The van der Waals surface area contributed by atoms with Crippen molar-refractivity contribution in [1.82, 2.24) is 14.9 Å². The molecule has 4 rings (SSSR count). The number of aromatic nitrogens is 2. The van der Waals surface area contributed by atoms with Gasteiger partial charge in [0.05, 0.1) is 29.5 Å². The van der Waals surface area contributed by atoms with Gasteiger partial charge in [0.25, 0.3) is 5.91 Å². The highest BCUT2D eigenvalue weighted by Gasteiger charge is 2.25. The van der Waals surface area contributed by atoms with Crippen LogP contribution in [0.15, 0.2) is 30.3 Å². The quantitative estimate of drug-likeness (QED) is 0.448. The maximum atomic E-state index is 12.3. The smallest absolute Gasteiger partial charge is 0.256 e. The number of piperidine rings is 1. The highest BCUT2D eigenvalue weighted by Crippen LogP contribution is 2.39. The summed E-state index contributed by atoms with van der Waals surface area (Å²) in [6.45, 7) is 3.65. The highest BCUT2D eigenvalue weighted by atomic mass is 35.5. The van der Waals surface area contributed by atoms with E-state index in [0.717, 1.165) is 31.5 Å². The minimum Gasteiger partial charge on any atom is -0.508 e. The molecule has 10 heteroatoms. The molecule has 2 aromatic carbocycles. The van der Waals surface area contributed by atoms with E-state index in [1.807, 2.05) is 12.1 Å². The van der Waals surface area contributed by atoms with Crippen molar-refractivity contribution in [3.8, 4) is 29.0 Å². The van der Waals surface area contributed by atoms with Crippen molar-refractivity contribution in [2.45, 2.75) is 25.7 Å². The van der Waals surface area contributed by atoms with Gasteiger partial charge in [-0.25, -0.2) is 4.98 Å². The van der Waals surface area contributed by atoms with Crippen LogP contribution in [0.2, 0.25) is 5.02 Å². The molecule has 1 aliphatic heterocycles. The first-order valence-corrected chi connectivity index (χ1v) is 11.8. The van der Waals surface area contributed by atoms with E-state index in [2.05, 4.69) is 33.3 Å². The number of benzene rings is 2. The highest BCUT2D eigenvalue weighted by molar-refractivity contribution is 6.33. The number of nitrogens with one attached hydrogen (secondary N) is 1. The largest absolute Gasteiger partial charge is 0.508 e. The molecule has 9 nitrogen and oxygen atoms in total. The molecule has 0 atom stereocenters. The van der Waals surface area contributed by atoms with E-state index in [1.165, 1.54) is 19.2 Å². The number of methoxy groups -OCH3 is 1. The van der Waals surface area contributed by atoms with Crippen molar-refractivity contribution < 1.29 is 14.6 Å². The van der Waals surface area contributed by atoms with Crippen LogP contribution in [-0.2, 0) is 0 Å². The molecule has 0 unspecified atom stereocenters. The van der Waals surface area contributed by atoms with E-state index in [0.29, 0.717) is 28.3 Å². The first kappa shape index (κ1) is 25.2. The van der Waals surface area contributed by atoms with Crippen LogP contribution in [0.4, 0.5) is 11.6 Å². The zero-order valence-corrected chi connectivity index (χ0v) is 21.1. The number of nitrogens with two attached hydrogens (primary N) is 1. The van der Waals surface area contributed by atoms with Crippen molar-refractivity contribution in [3.63, 3.8) is 0 Å².